The molecule has 1 N–H and O–H groups in total. The summed E-state index contributed by atoms with van der Waals surface area (Å²) >= 11 is 7.27. The van der Waals surface area contributed by atoms with Crippen LogP contribution in [0.1, 0.15) is 17.3 Å². The highest BCUT2D eigenvalue weighted by Crippen LogP contribution is 2.36. The zero-order valence-electron chi connectivity index (χ0n) is 16.4. The Kier molecular flexibility index (Phi) is 7.32. The number of benzene rings is 2. The number of para-hydroxylation sites is 1. The van der Waals surface area contributed by atoms with E-state index >= 15 is 0 Å². The van der Waals surface area contributed by atoms with Crippen LogP contribution in [0, 0.1) is 0 Å². The lowest BCUT2D eigenvalue weighted by atomic mass is 10.0. The van der Waals surface area contributed by atoms with Gasteiger partial charge in [0.2, 0.25) is 0 Å². The number of anilines is 1. The van der Waals surface area contributed by atoms with E-state index in [-0.39, 0.29) is 12.2 Å². The van der Waals surface area contributed by atoms with Crippen molar-refractivity contribution in [2.75, 3.05) is 25.6 Å². The summed E-state index contributed by atoms with van der Waals surface area (Å²) in [5, 5.41) is 5.32. The zero-order valence-corrected chi connectivity index (χ0v) is 18.0. The Morgan fingerprint density at radius 2 is 1.80 bits per heavy atom. The summed E-state index contributed by atoms with van der Waals surface area (Å²) in [6, 6.07) is 14.2. The van der Waals surface area contributed by atoms with Crippen LogP contribution in [-0.4, -0.2) is 32.2 Å². The van der Waals surface area contributed by atoms with Crippen molar-refractivity contribution in [1.29, 1.82) is 0 Å². The molecule has 0 unspecified atom stereocenters. The Balaban J connectivity index is 1.78. The van der Waals surface area contributed by atoms with Gasteiger partial charge in [-0.1, -0.05) is 35.9 Å². The molecular weight excluding hydrogens is 426 g/mol. The molecule has 8 heteroatoms. The second-order valence-corrected chi connectivity index (χ2v) is 7.36. The summed E-state index contributed by atoms with van der Waals surface area (Å²) < 4.78 is 15.8. The molecule has 3 rings (SSSR count). The van der Waals surface area contributed by atoms with Gasteiger partial charge in [0, 0.05) is 10.9 Å². The molecule has 30 heavy (non-hydrogen) atoms. The Morgan fingerprint density at radius 3 is 2.47 bits per heavy atom. The molecule has 6 nitrogen and oxygen atoms in total. The molecule has 0 saturated carbocycles. The number of hydrogen-bond donors (Lipinski definition) is 1. The second kappa shape index (κ2) is 10.1. The van der Waals surface area contributed by atoms with Crippen LogP contribution in [0.15, 0.2) is 53.9 Å². The molecule has 0 aliphatic rings. The number of esters is 1. The summed E-state index contributed by atoms with van der Waals surface area (Å²) in [5.41, 5.74) is 1.76. The molecule has 1 aromatic heterocycles. The highest BCUT2D eigenvalue weighted by molar-refractivity contribution is 7.15. The van der Waals surface area contributed by atoms with Gasteiger partial charge in [0.1, 0.15) is 22.1 Å². The van der Waals surface area contributed by atoms with E-state index in [1.165, 1.54) is 18.4 Å². The maximum atomic E-state index is 12.4. The summed E-state index contributed by atoms with van der Waals surface area (Å²) in [5.74, 6) is 0.188. The monoisotopic (exact) mass is 445 g/mol. The van der Waals surface area contributed by atoms with Crippen LogP contribution in [0.2, 0.25) is 5.02 Å². The number of nitrogens with one attached hydrogen (secondary N) is 1. The van der Waals surface area contributed by atoms with E-state index in [4.69, 9.17) is 25.8 Å². The average molecular weight is 446 g/mol. The van der Waals surface area contributed by atoms with Gasteiger partial charge in [-0.15, -0.1) is 11.3 Å². The molecule has 0 spiro atoms. The van der Waals surface area contributed by atoms with E-state index in [0.717, 1.165) is 11.3 Å². The number of amides is 1. The van der Waals surface area contributed by atoms with Gasteiger partial charge in [-0.25, -0.2) is 4.79 Å². The summed E-state index contributed by atoms with van der Waals surface area (Å²) in [6.07, 6.45) is 0. The standard InChI is InChI=1S/C22H20ClNO5S/c1-3-28-15-10-8-14(9-11-15)16-13-30-21(20(16)22(26)27-2)24-19(25)12-29-18-7-5-4-6-17(18)23/h4-11,13H,3,12H2,1-2H3,(H,24,25). The molecule has 0 radical (unpaired) electrons. The lowest BCUT2D eigenvalue weighted by Gasteiger charge is -2.10. The number of hydrogen-bond acceptors (Lipinski definition) is 6. The molecule has 0 aliphatic heterocycles. The van der Waals surface area contributed by atoms with Crippen LogP contribution in [0.5, 0.6) is 11.5 Å². The minimum atomic E-state index is -0.539. The lowest BCUT2D eigenvalue weighted by molar-refractivity contribution is -0.118. The topological polar surface area (TPSA) is 73.9 Å². The van der Waals surface area contributed by atoms with Gasteiger partial charge < -0.3 is 19.5 Å². The van der Waals surface area contributed by atoms with Gasteiger partial charge in [-0.3, -0.25) is 4.79 Å². The van der Waals surface area contributed by atoms with E-state index in [2.05, 4.69) is 5.32 Å². The first-order chi connectivity index (χ1) is 14.5. The Morgan fingerprint density at radius 1 is 1.07 bits per heavy atom. The van der Waals surface area contributed by atoms with Gasteiger partial charge >= 0.3 is 5.97 Å². The van der Waals surface area contributed by atoms with E-state index < -0.39 is 11.9 Å². The van der Waals surface area contributed by atoms with Crippen LogP contribution in [0.25, 0.3) is 11.1 Å². The van der Waals surface area contributed by atoms with E-state index in [0.29, 0.717) is 27.9 Å². The number of carbonyl (C=O) groups is 2. The highest BCUT2D eigenvalue weighted by Gasteiger charge is 2.22. The fraction of sp³-hybridized carbons (Fsp3) is 0.182. The molecular formula is C22H20ClNO5S. The minimum absolute atomic E-state index is 0.249. The molecule has 1 amide bonds. The van der Waals surface area contributed by atoms with Gasteiger partial charge in [0.05, 0.1) is 18.7 Å². The van der Waals surface area contributed by atoms with Crippen LogP contribution in [-0.2, 0) is 9.53 Å². The van der Waals surface area contributed by atoms with Crippen molar-refractivity contribution in [3.05, 3.63) is 64.5 Å². The first kappa shape index (κ1) is 21.7. The summed E-state index contributed by atoms with van der Waals surface area (Å²) in [4.78, 5) is 24.8. The second-order valence-electron chi connectivity index (χ2n) is 6.07. The Hall–Kier alpha value is -3.03. The van der Waals surface area contributed by atoms with Crippen molar-refractivity contribution in [3.8, 4) is 22.6 Å². The highest BCUT2D eigenvalue weighted by atomic mass is 35.5. The minimum Gasteiger partial charge on any atom is -0.494 e. The quantitative estimate of drug-likeness (QED) is 0.478. The third-order valence-electron chi connectivity index (χ3n) is 4.11. The molecule has 0 aliphatic carbocycles. The molecule has 3 aromatic rings. The van der Waals surface area contributed by atoms with Gasteiger partial charge in [0.25, 0.3) is 5.91 Å². The molecule has 156 valence electrons. The average Bonchev–Trinajstić information content (AvgIpc) is 3.16. The number of halogens is 1. The normalized spacial score (nSPS) is 10.4. The van der Waals surface area contributed by atoms with Gasteiger partial charge in [-0.05, 0) is 36.8 Å². The van der Waals surface area contributed by atoms with Crippen molar-refractivity contribution in [1.82, 2.24) is 0 Å². The first-order valence-corrected chi connectivity index (χ1v) is 10.4. The first-order valence-electron chi connectivity index (χ1n) is 9.13. The third-order valence-corrected chi connectivity index (χ3v) is 5.31. The molecule has 0 saturated heterocycles. The smallest absolute Gasteiger partial charge is 0.341 e. The van der Waals surface area contributed by atoms with Crippen molar-refractivity contribution in [2.24, 2.45) is 0 Å². The number of carbonyl (C=O) groups excluding carboxylic acids is 2. The van der Waals surface area contributed by atoms with Crippen LogP contribution in [0.4, 0.5) is 5.00 Å². The molecule has 0 atom stereocenters. The Labute approximate surface area is 183 Å². The predicted molar refractivity (Wildman–Crippen MR) is 118 cm³/mol. The van der Waals surface area contributed by atoms with E-state index in [9.17, 15) is 9.59 Å². The fourth-order valence-corrected chi connectivity index (χ4v) is 3.90. The molecule has 2 aromatic carbocycles. The van der Waals surface area contributed by atoms with Crippen molar-refractivity contribution < 1.29 is 23.8 Å². The van der Waals surface area contributed by atoms with Crippen molar-refractivity contribution in [3.63, 3.8) is 0 Å². The molecule has 0 fully saturated rings. The van der Waals surface area contributed by atoms with Crippen LogP contribution in [0.3, 0.4) is 0 Å². The fourth-order valence-electron chi connectivity index (χ4n) is 2.73. The Bertz CT molecular complexity index is 1030. The SMILES string of the molecule is CCOc1ccc(-c2csc(NC(=O)COc3ccccc3Cl)c2C(=O)OC)cc1. The van der Waals surface area contributed by atoms with Gasteiger partial charge in [0.15, 0.2) is 6.61 Å². The maximum absolute atomic E-state index is 12.4. The van der Waals surface area contributed by atoms with Gasteiger partial charge in [-0.2, -0.15) is 0 Å². The number of rotatable bonds is 8. The van der Waals surface area contributed by atoms with Crippen LogP contribution < -0.4 is 14.8 Å². The predicted octanol–water partition coefficient (Wildman–Crippen LogP) is 5.27. The summed E-state index contributed by atoms with van der Waals surface area (Å²) in [6.45, 7) is 2.23. The molecule has 1 heterocycles. The lowest BCUT2D eigenvalue weighted by Crippen LogP contribution is -2.21. The van der Waals surface area contributed by atoms with Crippen LogP contribution >= 0.6 is 22.9 Å². The molecule has 0 bridgehead atoms. The van der Waals surface area contributed by atoms with E-state index in [1.54, 1.807) is 29.6 Å². The van der Waals surface area contributed by atoms with E-state index in [1.807, 2.05) is 31.2 Å². The number of ether oxygens (including phenoxy) is 3. The van der Waals surface area contributed by atoms with Crippen molar-refractivity contribution >= 4 is 39.8 Å². The zero-order chi connectivity index (χ0) is 21.5. The summed E-state index contributed by atoms with van der Waals surface area (Å²) in [7, 11) is 1.30. The largest absolute Gasteiger partial charge is 0.494 e. The van der Waals surface area contributed by atoms with Crippen molar-refractivity contribution in [2.45, 2.75) is 6.92 Å². The third kappa shape index (κ3) is 5.11. The maximum Gasteiger partial charge on any atom is 0.341 e. The number of thiophene rings is 1. The number of methoxy groups -OCH3 is 1.